The fraction of sp³-hybridized carbons (Fsp3) is 0.333. The van der Waals surface area contributed by atoms with E-state index < -0.39 is 6.10 Å². The van der Waals surface area contributed by atoms with E-state index in [2.05, 4.69) is 17.9 Å². The van der Waals surface area contributed by atoms with E-state index in [0.717, 1.165) is 10.6 Å². The average molecular weight is 322 g/mol. The Hall–Kier alpha value is -1.06. The zero-order valence-corrected chi connectivity index (χ0v) is 11.7. The summed E-state index contributed by atoms with van der Waals surface area (Å²) in [4.78, 5) is 16.6. The van der Waals surface area contributed by atoms with Gasteiger partial charge in [0.1, 0.15) is 0 Å². The summed E-state index contributed by atoms with van der Waals surface area (Å²) in [6, 6.07) is 7.53. The number of carbonyl (C=O) groups is 1. The van der Waals surface area contributed by atoms with Gasteiger partial charge in [-0.2, -0.15) is 0 Å². The van der Waals surface area contributed by atoms with Crippen molar-refractivity contribution in [2.45, 2.75) is 13.0 Å². The Morgan fingerprint density at radius 2 is 2.12 bits per heavy atom. The number of benzene rings is 1. The molecule has 0 heterocycles. The Kier molecular flexibility index (Phi) is 5.46. The van der Waals surface area contributed by atoms with Gasteiger partial charge in [-0.15, -0.1) is 0 Å². The van der Waals surface area contributed by atoms with Crippen LogP contribution in [-0.4, -0.2) is 35.8 Å². The van der Waals surface area contributed by atoms with Crippen LogP contribution in [0.1, 0.15) is 12.5 Å². The number of nitrogens with zero attached hydrogens (tertiary/aromatic N) is 1. The van der Waals surface area contributed by atoms with E-state index >= 15 is 0 Å². The second kappa shape index (κ2) is 6.62. The van der Waals surface area contributed by atoms with Gasteiger partial charge in [-0.3, -0.25) is 0 Å². The van der Waals surface area contributed by atoms with Crippen molar-refractivity contribution in [2.24, 2.45) is 0 Å². The van der Waals surface area contributed by atoms with Gasteiger partial charge in [-0.25, -0.2) is 0 Å². The van der Waals surface area contributed by atoms with Crippen molar-refractivity contribution in [1.29, 1.82) is 0 Å². The Balaban J connectivity index is 2.77. The number of rotatable bonds is 5. The number of likely N-dealkylation sites (N-methyl/N-ethyl adjacent to an activating group) is 1. The van der Waals surface area contributed by atoms with Crippen LogP contribution in [0.5, 0.6) is 5.75 Å². The van der Waals surface area contributed by atoms with E-state index in [-0.39, 0.29) is 5.91 Å². The predicted molar refractivity (Wildman–Crippen MR) is 61.5 cm³/mol. The van der Waals surface area contributed by atoms with E-state index in [1.807, 2.05) is 28.9 Å². The third kappa shape index (κ3) is 3.72. The molecule has 0 fully saturated rings. The van der Waals surface area contributed by atoms with Crippen LogP contribution in [0.4, 0.5) is 0 Å². The van der Waals surface area contributed by atoms with Gasteiger partial charge in [0.2, 0.25) is 0 Å². The van der Waals surface area contributed by atoms with Crippen molar-refractivity contribution >= 4 is 10.5 Å². The van der Waals surface area contributed by atoms with E-state index in [4.69, 9.17) is 9.57 Å². The molecule has 0 saturated carbocycles. The van der Waals surface area contributed by atoms with E-state index in [1.165, 1.54) is 7.11 Å². The Morgan fingerprint density at radius 3 is 2.71 bits per heavy atom. The van der Waals surface area contributed by atoms with Crippen molar-refractivity contribution in [2.75, 3.05) is 14.2 Å². The molecule has 1 aromatic carbocycles. The maximum atomic E-state index is 11.7. The maximum absolute atomic E-state index is 11.7. The van der Waals surface area contributed by atoms with Crippen molar-refractivity contribution in [1.82, 2.24) is 5.06 Å². The van der Waals surface area contributed by atoms with E-state index in [0.29, 0.717) is 5.75 Å². The van der Waals surface area contributed by atoms with Gasteiger partial charge >= 0.3 is 111 Å². The number of amides is 1. The van der Waals surface area contributed by atoms with Crippen LogP contribution in [-0.2, 0) is 27.5 Å². The fourth-order valence-corrected chi connectivity index (χ4v) is 1.67. The van der Waals surface area contributed by atoms with Crippen LogP contribution in [0.15, 0.2) is 24.3 Å². The summed E-state index contributed by atoms with van der Waals surface area (Å²) in [5.41, 5.74) is 0.934. The summed E-state index contributed by atoms with van der Waals surface area (Å²) in [7, 11) is 2.99. The van der Waals surface area contributed by atoms with Gasteiger partial charge in [-0.05, 0) is 0 Å². The van der Waals surface area contributed by atoms with Crippen molar-refractivity contribution in [3.63, 3.8) is 0 Å². The summed E-state index contributed by atoms with van der Waals surface area (Å²) in [6.07, 6.45) is -0.590. The van der Waals surface area contributed by atoms with Crippen LogP contribution >= 0.6 is 0 Å². The molecule has 1 rings (SSSR count). The van der Waals surface area contributed by atoms with Crippen LogP contribution in [0.3, 0.4) is 0 Å². The molecule has 1 aromatic rings. The Bertz CT molecular complexity index is 408. The average Bonchev–Trinajstić information content (AvgIpc) is 2.37. The summed E-state index contributed by atoms with van der Waals surface area (Å²) in [5, 5.41) is 1.15. The summed E-state index contributed by atoms with van der Waals surface area (Å²) in [6.45, 7) is 1.69. The molecule has 1 unspecified atom stereocenters. The molecule has 17 heavy (non-hydrogen) atoms. The van der Waals surface area contributed by atoms with Gasteiger partial charge < -0.3 is 0 Å². The SMILES string of the molecule is CON(C)C(=O)C(C)Oc1ccccc1[CH]=[Ru]. The molecule has 0 spiro atoms. The summed E-state index contributed by atoms with van der Waals surface area (Å²) in [5.74, 6) is 0.448. The van der Waals surface area contributed by atoms with Crippen molar-refractivity contribution in [3.05, 3.63) is 29.8 Å². The van der Waals surface area contributed by atoms with Gasteiger partial charge in [-0.1, -0.05) is 0 Å². The molecule has 0 saturated heterocycles. The normalized spacial score (nSPS) is 11.8. The summed E-state index contributed by atoms with van der Waals surface area (Å²) >= 11 is 2.42. The number of hydrogen-bond donors (Lipinski definition) is 0. The molecule has 0 aliphatic carbocycles. The monoisotopic (exact) mass is 323 g/mol. The summed E-state index contributed by atoms with van der Waals surface area (Å²) < 4.78 is 7.47. The van der Waals surface area contributed by atoms with E-state index in [9.17, 15) is 4.79 Å². The van der Waals surface area contributed by atoms with E-state index in [1.54, 1.807) is 14.0 Å². The second-order valence-corrected chi connectivity index (χ2v) is 3.92. The van der Waals surface area contributed by atoms with Gasteiger partial charge in [0.25, 0.3) is 0 Å². The molecular formula is C12H15NO3Ru. The van der Waals surface area contributed by atoms with Crippen LogP contribution < -0.4 is 4.74 Å². The van der Waals surface area contributed by atoms with Gasteiger partial charge in [0, 0.05) is 0 Å². The first kappa shape index (κ1) is 14.0. The molecule has 4 nitrogen and oxygen atoms in total. The first-order chi connectivity index (χ1) is 8.10. The fourth-order valence-electron chi connectivity index (χ4n) is 1.26. The first-order valence-electron chi connectivity index (χ1n) is 5.09. The topological polar surface area (TPSA) is 38.8 Å². The minimum atomic E-state index is -0.590. The molecular weight excluding hydrogens is 307 g/mol. The standard InChI is InChI=1S/C12H15NO3.Ru/c1-9-7-5-6-8-11(9)16-10(2)12(14)13(3)15-4;/h1,5-8,10H,2-4H3;. The van der Waals surface area contributed by atoms with Crippen molar-refractivity contribution < 1.29 is 32.2 Å². The molecule has 0 N–H and O–H groups in total. The number of hydroxylamine groups is 2. The molecule has 0 aromatic heterocycles. The first-order valence-corrected chi connectivity index (χ1v) is 6.10. The van der Waals surface area contributed by atoms with Crippen molar-refractivity contribution in [3.8, 4) is 5.75 Å². The molecule has 0 bridgehead atoms. The molecule has 1 amide bonds. The number of ether oxygens (including phenoxy) is 1. The predicted octanol–water partition coefficient (Wildman–Crippen LogP) is 1.17. The Labute approximate surface area is 111 Å². The minimum absolute atomic E-state index is 0.229. The molecule has 94 valence electrons. The van der Waals surface area contributed by atoms with Crippen LogP contribution in [0.2, 0.25) is 0 Å². The van der Waals surface area contributed by atoms with Crippen LogP contribution in [0, 0.1) is 0 Å². The van der Waals surface area contributed by atoms with Crippen LogP contribution in [0.25, 0.3) is 0 Å². The third-order valence-corrected chi connectivity index (χ3v) is 2.81. The third-order valence-electron chi connectivity index (χ3n) is 2.26. The molecule has 0 aliphatic heterocycles. The number of para-hydroxylation sites is 1. The zero-order chi connectivity index (χ0) is 12.8. The molecule has 0 aliphatic rings. The molecule has 1 atom stereocenters. The number of carbonyl (C=O) groups excluding carboxylic acids is 1. The quantitative estimate of drug-likeness (QED) is 0.603. The molecule has 5 heteroatoms. The van der Waals surface area contributed by atoms with Gasteiger partial charge in [0.15, 0.2) is 0 Å². The second-order valence-electron chi connectivity index (χ2n) is 3.42. The Morgan fingerprint density at radius 1 is 1.47 bits per heavy atom. The zero-order valence-electron chi connectivity index (χ0n) is 9.99. The van der Waals surface area contributed by atoms with Gasteiger partial charge in [0.05, 0.1) is 0 Å². The number of hydrogen-bond acceptors (Lipinski definition) is 3. The molecule has 0 radical (unpaired) electrons.